The number of phenols is 1. The molecule has 1 rings (SSSR count). The number of aromatic hydroxyl groups is 1. The van der Waals surface area contributed by atoms with Gasteiger partial charge in [-0.2, -0.15) is 0 Å². The number of hydrogen-bond acceptors (Lipinski definition) is 3. The number of hydrogen-bond donors (Lipinski definition) is 3. The van der Waals surface area contributed by atoms with Gasteiger partial charge in [0.25, 0.3) is 5.91 Å². The summed E-state index contributed by atoms with van der Waals surface area (Å²) in [5.41, 5.74) is 1.87. The summed E-state index contributed by atoms with van der Waals surface area (Å²) >= 11 is 0. The molecule has 1 aromatic carbocycles. The van der Waals surface area contributed by atoms with Gasteiger partial charge in [0.2, 0.25) is 0 Å². The molecule has 70 valence electrons. The van der Waals surface area contributed by atoms with Crippen molar-refractivity contribution in [3.8, 4) is 5.75 Å². The van der Waals surface area contributed by atoms with Crippen LogP contribution in [0.3, 0.4) is 0 Å². The van der Waals surface area contributed by atoms with E-state index in [2.05, 4.69) is 0 Å². The first-order valence-corrected chi connectivity index (χ1v) is 3.56. The SMILES string of the molecule is Cc1cc(F)c(C(=O)NN)cc1O. The van der Waals surface area contributed by atoms with E-state index >= 15 is 0 Å². The number of nitrogens with one attached hydrogen (secondary N) is 1. The lowest BCUT2D eigenvalue weighted by atomic mass is 10.1. The van der Waals surface area contributed by atoms with Gasteiger partial charge >= 0.3 is 0 Å². The molecule has 0 unspecified atom stereocenters. The monoisotopic (exact) mass is 184 g/mol. The Labute approximate surface area is 74.1 Å². The van der Waals surface area contributed by atoms with Crippen molar-refractivity contribution in [2.24, 2.45) is 5.84 Å². The zero-order valence-electron chi connectivity index (χ0n) is 6.97. The van der Waals surface area contributed by atoms with Crippen LogP contribution in [-0.4, -0.2) is 11.0 Å². The lowest BCUT2D eigenvalue weighted by Gasteiger charge is -2.04. The van der Waals surface area contributed by atoms with Crippen LogP contribution in [-0.2, 0) is 0 Å². The van der Waals surface area contributed by atoms with Crippen LogP contribution in [0.4, 0.5) is 4.39 Å². The standard InChI is InChI=1S/C8H9FN2O2/c1-4-2-6(9)5(3-7(4)12)8(13)11-10/h2-3,12H,10H2,1H3,(H,11,13). The minimum absolute atomic E-state index is 0.139. The fourth-order valence-electron chi connectivity index (χ4n) is 0.913. The third-order valence-electron chi connectivity index (χ3n) is 1.66. The number of rotatable bonds is 1. The van der Waals surface area contributed by atoms with Crippen LogP contribution < -0.4 is 11.3 Å². The number of carbonyl (C=O) groups excluding carboxylic acids is 1. The number of halogens is 1. The molecule has 0 saturated heterocycles. The number of hydrazine groups is 1. The van der Waals surface area contributed by atoms with Gasteiger partial charge in [-0.3, -0.25) is 10.2 Å². The molecule has 13 heavy (non-hydrogen) atoms. The van der Waals surface area contributed by atoms with E-state index in [4.69, 9.17) is 5.84 Å². The van der Waals surface area contributed by atoms with E-state index in [1.807, 2.05) is 0 Å². The quantitative estimate of drug-likeness (QED) is 0.337. The Bertz CT molecular complexity index is 352. The van der Waals surface area contributed by atoms with Crippen LogP contribution in [0.5, 0.6) is 5.75 Å². The fraction of sp³-hybridized carbons (Fsp3) is 0.125. The van der Waals surface area contributed by atoms with E-state index in [0.717, 1.165) is 12.1 Å². The molecular formula is C8H9FN2O2. The van der Waals surface area contributed by atoms with Gasteiger partial charge in [-0.15, -0.1) is 0 Å². The molecule has 1 aromatic rings. The minimum Gasteiger partial charge on any atom is -0.508 e. The first kappa shape index (κ1) is 9.47. The highest BCUT2D eigenvalue weighted by Gasteiger charge is 2.12. The highest BCUT2D eigenvalue weighted by Crippen LogP contribution is 2.20. The maximum absolute atomic E-state index is 13.0. The van der Waals surface area contributed by atoms with E-state index in [9.17, 15) is 14.3 Å². The molecule has 0 aliphatic heterocycles. The fourth-order valence-corrected chi connectivity index (χ4v) is 0.913. The summed E-state index contributed by atoms with van der Waals surface area (Å²) in [5, 5.41) is 9.18. The van der Waals surface area contributed by atoms with Crippen molar-refractivity contribution in [2.45, 2.75) is 6.92 Å². The Morgan fingerprint density at radius 3 is 2.77 bits per heavy atom. The first-order chi connectivity index (χ1) is 6.06. The van der Waals surface area contributed by atoms with Gasteiger partial charge in [-0.25, -0.2) is 10.2 Å². The molecule has 4 N–H and O–H groups in total. The number of amides is 1. The van der Waals surface area contributed by atoms with Gasteiger partial charge in [-0.1, -0.05) is 0 Å². The number of aryl methyl sites for hydroxylation is 1. The molecule has 0 aliphatic carbocycles. The van der Waals surface area contributed by atoms with Gasteiger partial charge in [-0.05, 0) is 24.6 Å². The van der Waals surface area contributed by atoms with Crippen molar-refractivity contribution in [3.05, 3.63) is 29.1 Å². The first-order valence-electron chi connectivity index (χ1n) is 3.56. The average Bonchev–Trinajstić information content (AvgIpc) is 2.10. The summed E-state index contributed by atoms with van der Waals surface area (Å²) in [6.07, 6.45) is 0. The average molecular weight is 184 g/mol. The highest BCUT2D eigenvalue weighted by atomic mass is 19.1. The third kappa shape index (κ3) is 1.75. The van der Waals surface area contributed by atoms with Gasteiger partial charge in [0.15, 0.2) is 0 Å². The Morgan fingerprint density at radius 2 is 2.23 bits per heavy atom. The minimum atomic E-state index is -0.771. The molecule has 0 saturated carbocycles. The largest absolute Gasteiger partial charge is 0.508 e. The maximum atomic E-state index is 13.0. The molecule has 1 amide bonds. The Morgan fingerprint density at radius 1 is 1.62 bits per heavy atom. The number of phenolic OH excluding ortho intramolecular Hbond substituents is 1. The van der Waals surface area contributed by atoms with E-state index in [0.29, 0.717) is 5.56 Å². The van der Waals surface area contributed by atoms with Crippen molar-refractivity contribution in [1.82, 2.24) is 5.43 Å². The number of carbonyl (C=O) groups is 1. The number of nitrogen functional groups attached to an aromatic ring is 1. The van der Waals surface area contributed by atoms with Crippen LogP contribution in [0.1, 0.15) is 15.9 Å². The zero-order valence-corrected chi connectivity index (χ0v) is 6.97. The summed E-state index contributed by atoms with van der Waals surface area (Å²) < 4.78 is 13.0. The Hall–Kier alpha value is -1.62. The molecule has 0 heterocycles. The molecule has 0 aliphatic rings. The summed E-state index contributed by atoms with van der Waals surface area (Å²) in [7, 11) is 0. The third-order valence-corrected chi connectivity index (χ3v) is 1.66. The molecular weight excluding hydrogens is 175 g/mol. The van der Waals surface area contributed by atoms with Crippen LogP contribution in [0.2, 0.25) is 0 Å². The van der Waals surface area contributed by atoms with Crippen molar-refractivity contribution in [3.63, 3.8) is 0 Å². The van der Waals surface area contributed by atoms with Crippen LogP contribution in [0, 0.1) is 12.7 Å². The van der Waals surface area contributed by atoms with Gasteiger partial charge in [0.05, 0.1) is 5.56 Å². The van der Waals surface area contributed by atoms with Gasteiger partial charge < -0.3 is 5.11 Å². The van der Waals surface area contributed by atoms with E-state index in [1.165, 1.54) is 6.92 Å². The van der Waals surface area contributed by atoms with Crippen LogP contribution in [0.25, 0.3) is 0 Å². The highest BCUT2D eigenvalue weighted by molar-refractivity contribution is 5.94. The molecule has 4 nitrogen and oxygen atoms in total. The predicted octanol–water partition coefficient (Wildman–Crippen LogP) is 0.443. The Kier molecular flexibility index (Phi) is 2.48. The summed E-state index contributed by atoms with van der Waals surface area (Å²) in [6, 6.07) is 2.10. The van der Waals surface area contributed by atoms with Gasteiger partial charge in [0, 0.05) is 0 Å². The van der Waals surface area contributed by atoms with Crippen molar-refractivity contribution in [1.29, 1.82) is 0 Å². The van der Waals surface area contributed by atoms with E-state index in [-0.39, 0.29) is 11.3 Å². The number of nitrogens with two attached hydrogens (primary N) is 1. The van der Waals surface area contributed by atoms with Gasteiger partial charge in [0.1, 0.15) is 11.6 Å². The maximum Gasteiger partial charge on any atom is 0.268 e. The van der Waals surface area contributed by atoms with Crippen molar-refractivity contribution < 1.29 is 14.3 Å². The molecule has 0 spiro atoms. The molecule has 0 aromatic heterocycles. The predicted molar refractivity (Wildman–Crippen MR) is 44.5 cm³/mol. The van der Waals surface area contributed by atoms with Crippen molar-refractivity contribution >= 4 is 5.91 Å². The van der Waals surface area contributed by atoms with Crippen LogP contribution >= 0.6 is 0 Å². The molecule has 5 heteroatoms. The molecule has 0 atom stereocenters. The summed E-state index contributed by atoms with van der Waals surface area (Å²) in [4.78, 5) is 10.9. The smallest absolute Gasteiger partial charge is 0.268 e. The normalized spacial score (nSPS) is 9.77. The molecule has 0 fully saturated rings. The molecule has 0 bridgehead atoms. The van der Waals surface area contributed by atoms with E-state index < -0.39 is 11.7 Å². The Balaban J connectivity index is 3.23. The summed E-state index contributed by atoms with van der Waals surface area (Å²) in [5.74, 6) is 3.19. The topological polar surface area (TPSA) is 75.4 Å². The second-order valence-corrected chi connectivity index (χ2v) is 2.59. The molecule has 0 radical (unpaired) electrons. The lowest BCUT2D eigenvalue weighted by Crippen LogP contribution is -2.30. The second kappa shape index (κ2) is 3.40. The number of benzene rings is 1. The second-order valence-electron chi connectivity index (χ2n) is 2.59. The summed E-state index contributed by atoms with van der Waals surface area (Å²) in [6.45, 7) is 1.53. The zero-order chi connectivity index (χ0) is 10.0. The van der Waals surface area contributed by atoms with Crippen molar-refractivity contribution in [2.75, 3.05) is 0 Å². The van der Waals surface area contributed by atoms with E-state index in [1.54, 1.807) is 5.43 Å². The van der Waals surface area contributed by atoms with Crippen LogP contribution in [0.15, 0.2) is 12.1 Å². The lowest BCUT2D eigenvalue weighted by molar-refractivity contribution is 0.0949.